The average Bonchev–Trinajstić information content (AvgIpc) is 3.20. The van der Waals surface area contributed by atoms with Crippen LogP contribution in [0.4, 0.5) is 13.2 Å². The number of aliphatic carboxylic acids is 1. The summed E-state index contributed by atoms with van der Waals surface area (Å²) in [7, 11) is 0. The highest BCUT2D eigenvalue weighted by Crippen LogP contribution is 2.33. The number of pyridine rings is 1. The molecule has 1 unspecified atom stereocenters. The number of halogens is 3. The lowest BCUT2D eigenvalue weighted by molar-refractivity contribution is -0.141. The molecule has 1 aromatic heterocycles. The molecule has 0 aromatic carbocycles. The highest BCUT2D eigenvalue weighted by molar-refractivity contribution is 5.97. The van der Waals surface area contributed by atoms with E-state index in [4.69, 9.17) is 5.11 Å². The summed E-state index contributed by atoms with van der Waals surface area (Å²) in [5.41, 5.74) is -1.24. The first-order chi connectivity index (χ1) is 10.2. The Morgan fingerprint density at radius 2 is 2.05 bits per heavy atom. The average molecular weight is 316 g/mol. The first kappa shape index (κ1) is 16.3. The SMILES string of the molecule is Cc1nc(C(F)(F)F)ccc1C(=O)NC(CC1CC1)C(=O)O. The normalized spacial score (nSPS) is 16.2. The molecule has 0 bridgehead atoms. The molecule has 0 saturated heterocycles. The van der Waals surface area contributed by atoms with Gasteiger partial charge in [-0.05, 0) is 31.4 Å². The molecular weight excluding hydrogens is 301 g/mol. The lowest BCUT2D eigenvalue weighted by Crippen LogP contribution is -2.41. The number of aromatic nitrogens is 1. The van der Waals surface area contributed by atoms with Crippen LogP contribution in [0.15, 0.2) is 12.1 Å². The van der Waals surface area contributed by atoms with Gasteiger partial charge in [-0.15, -0.1) is 0 Å². The van der Waals surface area contributed by atoms with E-state index in [0.29, 0.717) is 12.5 Å². The van der Waals surface area contributed by atoms with Gasteiger partial charge in [0.15, 0.2) is 0 Å². The lowest BCUT2D eigenvalue weighted by Gasteiger charge is -2.15. The van der Waals surface area contributed by atoms with Crippen molar-refractivity contribution in [1.82, 2.24) is 10.3 Å². The zero-order chi connectivity index (χ0) is 16.5. The molecule has 1 fully saturated rings. The second-order valence-corrected chi connectivity index (χ2v) is 5.37. The maximum atomic E-state index is 12.5. The maximum absolute atomic E-state index is 12.5. The van der Waals surface area contributed by atoms with Crippen LogP contribution in [0.3, 0.4) is 0 Å². The minimum absolute atomic E-state index is 0.0601. The molecule has 120 valence electrons. The van der Waals surface area contributed by atoms with E-state index in [-0.39, 0.29) is 17.2 Å². The van der Waals surface area contributed by atoms with Gasteiger partial charge in [0, 0.05) is 0 Å². The quantitative estimate of drug-likeness (QED) is 0.874. The van der Waals surface area contributed by atoms with Crippen molar-refractivity contribution in [2.75, 3.05) is 0 Å². The Kier molecular flexibility index (Phi) is 4.39. The zero-order valence-corrected chi connectivity index (χ0v) is 11.8. The first-order valence-electron chi connectivity index (χ1n) is 6.77. The standard InChI is InChI=1S/C14H15F3N2O3/c1-7-9(4-5-11(18-7)14(15,16)17)12(20)19-10(13(21)22)6-8-2-3-8/h4-5,8,10H,2-3,6H2,1H3,(H,19,20)(H,21,22). The van der Waals surface area contributed by atoms with Gasteiger partial charge in [0.05, 0.1) is 11.3 Å². The van der Waals surface area contributed by atoms with Crippen molar-refractivity contribution in [1.29, 1.82) is 0 Å². The second kappa shape index (κ2) is 5.94. The largest absolute Gasteiger partial charge is 0.480 e. The predicted molar refractivity (Wildman–Crippen MR) is 70.2 cm³/mol. The number of nitrogens with zero attached hydrogens (tertiary/aromatic N) is 1. The molecule has 1 aromatic rings. The summed E-state index contributed by atoms with van der Waals surface area (Å²) in [5.74, 6) is -1.60. The fraction of sp³-hybridized carbons (Fsp3) is 0.500. The van der Waals surface area contributed by atoms with Crippen molar-refractivity contribution in [3.05, 3.63) is 29.1 Å². The van der Waals surface area contributed by atoms with Gasteiger partial charge >= 0.3 is 12.1 Å². The molecule has 2 N–H and O–H groups in total. The van der Waals surface area contributed by atoms with Crippen LogP contribution < -0.4 is 5.32 Å². The van der Waals surface area contributed by atoms with Crippen LogP contribution in [-0.4, -0.2) is 28.0 Å². The van der Waals surface area contributed by atoms with Crippen LogP contribution in [-0.2, 0) is 11.0 Å². The number of carbonyl (C=O) groups excluding carboxylic acids is 1. The van der Waals surface area contributed by atoms with Crippen molar-refractivity contribution in [2.24, 2.45) is 5.92 Å². The third kappa shape index (κ3) is 3.96. The number of amides is 1. The van der Waals surface area contributed by atoms with E-state index in [2.05, 4.69) is 10.3 Å². The van der Waals surface area contributed by atoms with Crippen LogP contribution in [0.5, 0.6) is 0 Å². The summed E-state index contributed by atoms with van der Waals surface area (Å²) in [4.78, 5) is 26.5. The summed E-state index contributed by atoms with van der Waals surface area (Å²) in [6, 6.07) is 0.677. The van der Waals surface area contributed by atoms with Gasteiger partial charge in [0.25, 0.3) is 5.91 Å². The van der Waals surface area contributed by atoms with Gasteiger partial charge in [-0.3, -0.25) is 4.79 Å². The van der Waals surface area contributed by atoms with Gasteiger partial charge in [0.1, 0.15) is 11.7 Å². The second-order valence-electron chi connectivity index (χ2n) is 5.37. The summed E-state index contributed by atoms with van der Waals surface area (Å²) in [6.07, 6.45) is -2.40. The summed E-state index contributed by atoms with van der Waals surface area (Å²) >= 11 is 0. The van der Waals surface area contributed by atoms with E-state index in [9.17, 15) is 22.8 Å². The minimum Gasteiger partial charge on any atom is -0.480 e. The Morgan fingerprint density at radius 1 is 1.41 bits per heavy atom. The van der Waals surface area contributed by atoms with Gasteiger partial charge in [0.2, 0.25) is 0 Å². The Morgan fingerprint density at radius 3 is 2.50 bits per heavy atom. The molecule has 0 aliphatic heterocycles. The van der Waals surface area contributed by atoms with Crippen molar-refractivity contribution in [3.63, 3.8) is 0 Å². The molecule has 1 aliphatic carbocycles. The third-order valence-electron chi connectivity index (χ3n) is 3.49. The van der Waals surface area contributed by atoms with E-state index in [0.717, 1.165) is 18.9 Å². The van der Waals surface area contributed by atoms with Crippen LogP contribution in [0, 0.1) is 12.8 Å². The molecule has 5 nitrogen and oxygen atoms in total. The molecule has 1 amide bonds. The molecule has 8 heteroatoms. The summed E-state index contributed by atoms with van der Waals surface area (Å²) in [5, 5.41) is 11.4. The third-order valence-corrected chi connectivity index (χ3v) is 3.49. The van der Waals surface area contributed by atoms with Gasteiger partial charge in [-0.1, -0.05) is 12.8 Å². The van der Waals surface area contributed by atoms with Crippen LogP contribution in [0.2, 0.25) is 0 Å². The van der Waals surface area contributed by atoms with E-state index in [1.165, 1.54) is 6.92 Å². The number of aryl methyl sites for hydroxylation is 1. The van der Waals surface area contributed by atoms with Crippen LogP contribution in [0.25, 0.3) is 0 Å². The molecule has 0 spiro atoms. The Balaban J connectivity index is 2.12. The number of alkyl halides is 3. The number of carbonyl (C=O) groups is 2. The molecular formula is C14H15F3N2O3. The smallest absolute Gasteiger partial charge is 0.433 e. The van der Waals surface area contributed by atoms with Crippen molar-refractivity contribution < 1.29 is 27.9 Å². The van der Waals surface area contributed by atoms with Gasteiger partial charge in [-0.2, -0.15) is 13.2 Å². The number of hydrogen-bond donors (Lipinski definition) is 2. The Bertz CT molecular complexity index is 597. The van der Waals surface area contributed by atoms with E-state index in [1.807, 2.05) is 0 Å². The Labute approximate surface area is 124 Å². The number of carboxylic acid groups (broad SMARTS) is 1. The van der Waals surface area contributed by atoms with Crippen molar-refractivity contribution >= 4 is 11.9 Å². The number of hydrogen-bond acceptors (Lipinski definition) is 3. The monoisotopic (exact) mass is 316 g/mol. The molecule has 2 rings (SSSR count). The van der Waals surface area contributed by atoms with E-state index >= 15 is 0 Å². The Hall–Kier alpha value is -2.12. The zero-order valence-electron chi connectivity index (χ0n) is 11.8. The maximum Gasteiger partial charge on any atom is 0.433 e. The summed E-state index contributed by atoms with van der Waals surface area (Å²) < 4.78 is 37.6. The number of carboxylic acids is 1. The number of rotatable bonds is 5. The highest BCUT2D eigenvalue weighted by Gasteiger charge is 2.34. The fourth-order valence-electron chi connectivity index (χ4n) is 2.10. The lowest BCUT2D eigenvalue weighted by atomic mass is 10.1. The molecule has 0 radical (unpaired) electrons. The van der Waals surface area contributed by atoms with Gasteiger partial charge in [-0.25, -0.2) is 9.78 Å². The number of nitrogens with one attached hydrogen (secondary N) is 1. The topological polar surface area (TPSA) is 79.3 Å². The molecule has 1 heterocycles. The minimum atomic E-state index is -4.59. The fourth-order valence-corrected chi connectivity index (χ4v) is 2.10. The van der Waals surface area contributed by atoms with Crippen LogP contribution >= 0.6 is 0 Å². The molecule has 1 saturated carbocycles. The molecule has 1 aliphatic rings. The first-order valence-corrected chi connectivity index (χ1v) is 6.77. The van der Waals surface area contributed by atoms with E-state index < -0.39 is 29.8 Å². The molecule has 1 atom stereocenters. The predicted octanol–water partition coefficient (Wildman–Crippen LogP) is 2.39. The van der Waals surface area contributed by atoms with E-state index in [1.54, 1.807) is 0 Å². The van der Waals surface area contributed by atoms with Crippen molar-refractivity contribution in [2.45, 2.75) is 38.4 Å². The highest BCUT2D eigenvalue weighted by atomic mass is 19.4. The summed E-state index contributed by atoms with van der Waals surface area (Å²) in [6.45, 7) is 1.28. The van der Waals surface area contributed by atoms with Gasteiger partial charge < -0.3 is 10.4 Å². The molecule has 22 heavy (non-hydrogen) atoms. The van der Waals surface area contributed by atoms with Crippen molar-refractivity contribution in [3.8, 4) is 0 Å². The van der Waals surface area contributed by atoms with Crippen LogP contribution in [0.1, 0.15) is 41.0 Å².